The fourth-order valence-electron chi connectivity index (χ4n) is 1.33. The van der Waals surface area contributed by atoms with Crippen LogP contribution in [0.5, 0.6) is 0 Å². The number of hydrogen-bond acceptors (Lipinski definition) is 2. The molecule has 0 radical (unpaired) electrons. The molecule has 13 heavy (non-hydrogen) atoms. The Kier molecular flexibility index (Phi) is 5.44. The van der Waals surface area contributed by atoms with Gasteiger partial charge >= 0.3 is 5.97 Å². The molecular formula is C11H20O2. The Morgan fingerprint density at radius 2 is 1.85 bits per heavy atom. The standard InChI is InChI=1S/C11H20O2/c1-6-13-11(12)7-10(8(2)3)9(4)5/h8H,6-7H2,1-5H3. The summed E-state index contributed by atoms with van der Waals surface area (Å²) in [6, 6.07) is 0. The summed E-state index contributed by atoms with van der Waals surface area (Å²) in [5.74, 6) is 0.307. The van der Waals surface area contributed by atoms with E-state index in [1.165, 1.54) is 11.1 Å². The van der Waals surface area contributed by atoms with Crippen molar-refractivity contribution in [2.24, 2.45) is 5.92 Å². The molecule has 0 heterocycles. The Morgan fingerprint density at radius 1 is 1.31 bits per heavy atom. The summed E-state index contributed by atoms with van der Waals surface area (Å²) >= 11 is 0. The third-order valence-electron chi connectivity index (χ3n) is 1.98. The van der Waals surface area contributed by atoms with Crippen LogP contribution in [0, 0.1) is 5.92 Å². The molecule has 0 unspecified atom stereocenters. The first-order valence-corrected chi connectivity index (χ1v) is 4.80. The van der Waals surface area contributed by atoms with Crippen molar-refractivity contribution in [1.29, 1.82) is 0 Å². The molecule has 76 valence electrons. The second kappa shape index (κ2) is 5.79. The first-order valence-electron chi connectivity index (χ1n) is 4.80. The van der Waals surface area contributed by atoms with Gasteiger partial charge in [0, 0.05) is 0 Å². The molecule has 2 nitrogen and oxygen atoms in total. The molecule has 0 rings (SSSR count). The predicted octanol–water partition coefficient (Wildman–Crippen LogP) is 2.93. The number of allylic oxidation sites excluding steroid dienone is 1. The topological polar surface area (TPSA) is 26.3 Å². The molecular weight excluding hydrogens is 164 g/mol. The van der Waals surface area contributed by atoms with E-state index in [1.807, 2.05) is 20.8 Å². The zero-order chi connectivity index (χ0) is 10.4. The van der Waals surface area contributed by atoms with Gasteiger partial charge in [0.15, 0.2) is 0 Å². The first kappa shape index (κ1) is 12.2. The van der Waals surface area contributed by atoms with Crippen molar-refractivity contribution in [3.63, 3.8) is 0 Å². The fraction of sp³-hybridized carbons (Fsp3) is 0.727. The third-order valence-corrected chi connectivity index (χ3v) is 1.98. The highest BCUT2D eigenvalue weighted by Gasteiger charge is 2.11. The largest absolute Gasteiger partial charge is 0.466 e. The van der Waals surface area contributed by atoms with Gasteiger partial charge in [0.05, 0.1) is 13.0 Å². The smallest absolute Gasteiger partial charge is 0.309 e. The van der Waals surface area contributed by atoms with Gasteiger partial charge in [-0.15, -0.1) is 0 Å². The second-order valence-corrected chi connectivity index (χ2v) is 3.66. The first-order chi connectivity index (χ1) is 5.99. The molecule has 0 aliphatic carbocycles. The van der Waals surface area contributed by atoms with E-state index in [9.17, 15) is 4.79 Å². The van der Waals surface area contributed by atoms with Crippen LogP contribution in [-0.4, -0.2) is 12.6 Å². The van der Waals surface area contributed by atoms with E-state index in [4.69, 9.17) is 4.74 Å². The number of carbonyl (C=O) groups is 1. The molecule has 0 saturated heterocycles. The highest BCUT2D eigenvalue weighted by Crippen LogP contribution is 2.18. The fourth-order valence-corrected chi connectivity index (χ4v) is 1.33. The maximum Gasteiger partial charge on any atom is 0.309 e. The number of ether oxygens (including phenoxy) is 1. The lowest BCUT2D eigenvalue weighted by atomic mass is 9.96. The highest BCUT2D eigenvalue weighted by atomic mass is 16.5. The van der Waals surface area contributed by atoms with E-state index in [-0.39, 0.29) is 5.97 Å². The summed E-state index contributed by atoms with van der Waals surface area (Å²) in [5.41, 5.74) is 2.42. The molecule has 0 atom stereocenters. The van der Waals surface area contributed by atoms with Crippen LogP contribution < -0.4 is 0 Å². The predicted molar refractivity (Wildman–Crippen MR) is 54.5 cm³/mol. The van der Waals surface area contributed by atoms with Crippen LogP contribution in [-0.2, 0) is 9.53 Å². The minimum absolute atomic E-state index is 0.118. The van der Waals surface area contributed by atoms with Crippen molar-refractivity contribution in [3.8, 4) is 0 Å². The van der Waals surface area contributed by atoms with Gasteiger partial charge in [0.2, 0.25) is 0 Å². The van der Waals surface area contributed by atoms with Gasteiger partial charge in [-0.1, -0.05) is 25.0 Å². The van der Waals surface area contributed by atoms with Crippen LogP contribution in [0.25, 0.3) is 0 Å². The van der Waals surface area contributed by atoms with E-state index < -0.39 is 0 Å². The number of carbonyl (C=O) groups excluding carboxylic acids is 1. The minimum atomic E-state index is -0.118. The Hall–Kier alpha value is -0.790. The Labute approximate surface area is 81.0 Å². The zero-order valence-electron chi connectivity index (χ0n) is 9.31. The molecule has 0 N–H and O–H groups in total. The second-order valence-electron chi connectivity index (χ2n) is 3.66. The van der Waals surface area contributed by atoms with Gasteiger partial charge in [0.1, 0.15) is 0 Å². The molecule has 0 aromatic rings. The Bertz CT molecular complexity index is 198. The summed E-state index contributed by atoms with van der Waals surface area (Å²) in [4.78, 5) is 11.2. The summed E-state index contributed by atoms with van der Waals surface area (Å²) in [6.07, 6.45) is 0.438. The summed E-state index contributed by atoms with van der Waals surface area (Å²) in [6.45, 7) is 10.6. The summed E-state index contributed by atoms with van der Waals surface area (Å²) < 4.78 is 4.90. The van der Waals surface area contributed by atoms with E-state index in [2.05, 4.69) is 13.8 Å². The SMILES string of the molecule is CCOC(=O)CC(=C(C)C)C(C)C. The van der Waals surface area contributed by atoms with E-state index in [0.717, 1.165) is 0 Å². The number of rotatable bonds is 4. The van der Waals surface area contributed by atoms with Crippen LogP contribution in [0.3, 0.4) is 0 Å². The third kappa shape index (κ3) is 4.71. The van der Waals surface area contributed by atoms with E-state index in [0.29, 0.717) is 18.9 Å². The molecule has 0 aromatic carbocycles. The van der Waals surface area contributed by atoms with Gasteiger partial charge in [-0.25, -0.2) is 0 Å². The van der Waals surface area contributed by atoms with Crippen LogP contribution in [0.4, 0.5) is 0 Å². The van der Waals surface area contributed by atoms with Crippen LogP contribution in [0.15, 0.2) is 11.1 Å². The highest BCUT2D eigenvalue weighted by molar-refractivity contribution is 5.72. The van der Waals surface area contributed by atoms with Crippen LogP contribution >= 0.6 is 0 Å². The number of hydrogen-bond donors (Lipinski definition) is 0. The Balaban J connectivity index is 4.29. The van der Waals surface area contributed by atoms with Crippen molar-refractivity contribution in [3.05, 3.63) is 11.1 Å². The molecule has 0 aromatic heterocycles. The van der Waals surface area contributed by atoms with Crippen molar-refractivity contribution < 1.29 is 9.53 Å². The van der Waals surface area contributed by atoms with Crippen LogP contribution in [0.2, 0.25) is 0 Å². The summed E-state index contributed by atoms with van der Waals surface area (Å²) in [7, 11) is 0. The lowest BCUT2D eigenvalue weighted by Gasteiger charge is -2.12. The summed E-state index contributed by atoms with van der Waals surface area (Å²) in [5, 5.41) is 0. The van der Waals surface area contributed by atoms with Gasteiger partial charge in [-0.05, 0) is 26.7 Å². The minimum Gasteiger partial charge on any atom is -0.466 e. The molecule has 0 aliphatic rings. The molecule has 0 amide bonds. The molecule has 0 fully saturated rings. The van der Waals surface area contributed by atoms with E-state index >= 15 is 0 Å². The van der Waals surface area contributed by atoms with Crippen LogP contribution in [0.1, 0.15) is 41.0 Å². The molecule has 0 saturated carbocycles. The maximum atomic E-state index is 11.2. The molecule has 0 bridgehead atoms. The van der Waals surface area contributed by atoms with Crippen molar-refractivity contribution >= 4 is 5.97 Å². The molecule has 0 spiro atoms. The van der Waals surface area contributed by atoms with Gasteiger partial charge in [-0.2, -0.15) is 0 Å². The normalized spacial score (nSPS) is 10.0. The zero-order valence-corrected chi connectivity index (χ0v) is 9.31. The average molecular weight is 184 g/mol. The Morgan fingerprint density at radius 3 is 2.15 bits per heavy atom. The lowest BCUT2D eigenvalue weighted by molar-refractivity contribution is -0.142. The molecule has 2 heteroatoms. The van der Waals surface area contributed by atoms with Crippen molar-refractivity contribution in [2.45, 2.75) is 41.0 Å². The quantitative estimate of drug-likeness (QED) is 0.496. The maximum absolute atomic E-state index is 11.2. The van der Waals surface area contributed by atoms with Crippen molar-refractivity contribution in [1.82, 2.24) is 0 Å². The molecule has 0 aliphatic heterocycles. The van der Waals surface area contributed by atoms with Gasteiger partial charge in [-0.3, -0.25) is 4.79 Å². The monoisotopic (exact) mass is 184 g/mol. The number of esters is 1. The average Bonchev–Trinajstić information content (AvgIpc) is 1.99. The van der Waals surface area contributed by atoms with Gasteiger partial charge in [0.25, 0.3) is 0 Å². The van der Waals surface area contributed by atoms with Crippen molar-refractivity contribution in [2.75, 3.05) is 6.61 Å². The lowest BCUT2D eigenvalue weighted by Crippen LogP contribution is -2.09. The van der Waals surface area contributed by atoms with Gasteiger partial charge < -0.3 is 4.74 Å². The van der Waals surface area contributed by atoms with E-state index in [1.54, 1.807) is 0 Å².